The Morgan fingerprint density at radius 2 is 2.18 bits per heavy atom. The summed E-state index contributed by atoms with van der Waals surface area (Å²) < 4.78 is 16.0. The first-order valence-electron chi connectivity index (χ1n) is 8.54. The summed E-state index contributed by atoms with van der Waals surface area (Å²) >= 11 is 1.45. The van der Waals surface area contributed by atoms with Crippen molar-refractivity contribution in [2.24, 2.45) is 0 Å². The summed E-state index contributed by atoms with van der Waals surface area (Å²) in [6, 6.07) is 7.63. The average molecular weight is 397 g/mol. The molecule has 7 nitrogen and oxygen atoms in total. The summed E-state index contributed by atoms with van der Waals surface area (Å²) in [5.41, 5.74) is 2.18. The van der Waals surface area contributed by atoms with E-state index in [2.05, 4.69) is 22.3 Å². The Hall–Kier alpha value is -2.91. The molecule has 0 saturated heterocycles. The van der Waals surface area contributed by atoms with Crippen LogP contribution >= 0.6 is 11.8 Å². The maximum absolute atomic E-state index is 9.83. The molecule has 0 atom stereocenters. The third kappa shape index (κ3) is 4.00. The van der Waals surface area contributed by atoms with Crippen molar-refractivity contribution in [3.8, 4) is 41.0 Å². The quantitative estimate of drug-likeness (QED) is 0.398. The van der Waals surface area contributed by atoms with Gasteiger partial charge in [0.15, 0.2) is 11.5 Å². The molecule has 0 saturated carbocycles. The van der Waals surface area contributed by atoms with E-state index in [0.29, 0.717) is 51.4 Å². The number of aromatic nitrogens is 1. The molecule has 0 unspecified atom stereocenters. The first-order valence-corrected chi connectivity index (χ1v) is 9.53. The van der Waals surface area contributed by atoms with Gasteiger partial charge in [-0.1, -0.05) is 12.0 Å². The average Bonchev–Trinajstić information content (AvgIpc) is 3.19. The second kappa shape index (κ2) is 9.34. The predicted octanol–water partition coefficient (Wildman–Crippen LogP) is 2.47. The van der Waals surface area contributed by atoms with Crippen molar-refractivity contribution in [1.29, 1.82) is 5.26 Å². The third-order valence-electron chi connectivity index (χ3n) is 4.01. The van der Waals surface area contributed by atoms with Gasteiger partial charge in [-0.25, -0.2) is 4.98 Å². The predicted molar refractivity (Wildman–Crippen MR) is 107 cm³/mol. The van der Waals surface area contributed by atoms with Crippen LogP contribution in [0, 0.1) is 23.7 Å². The molecule has 1 aliphatic heterocycles. The molecule has 1 aromatic carbocycles. The van der Waals surface area contributed by atoms with Crippen molar-refractivity contribution >= 4 is 17.6 Å². The van der Waals surface area contributed by atoms with Crippen LogP contribution in [0.3, 0.4) is 0 Å². The fourth-order valence-corrected chi connectivity index (χ4v) is 3.68. The smallest absolute Gasteiger partial charge is 0.231 e. The molecule has 144 valence electrons. The van der Waals surface area contributed by atoms with Crippen molar-refractivity contribution in [3.63, 3.8) is 0 Å². The Labute approximate surface area is 167 Å². The van der Waals surface area contributed by atoms with E-state index >= 15 is 0 Å². The molecule has 0 aliphatic carbocycles. The fraction of sp³-hybridized carbons (Fsp3) is 0.300. The van der Waals surface area contributed by atoms with E-state index in [1.807, 2.05) is 6.07 Å². The molecule has 0 amide bonds. The van der Waals surface area contributed by atoms with Crippen LogP contribution < -0.4 is 14.8 Å². The minimum Gasteiger partial charge on any atom is -0.454 e. The van der Waals surface area contributed by atoms with E-state index < -0.39 is 0 Å². The van der Waals surface area contributed by atoms with Crippen LogP contribution in [0.1, 0.15) is 11.1 Å². The Morgan fingerprint density at radius 1 is 1.36 bits per heavy atom. The van der Waals surface area contributed by atoms with E-state index in [4.69, 9.17) is 25.7 Å². The lowest BCUT2D eigenvalue weighted by Gasteiger charge is -2.16. The SMILES string of the molecule is C#Cc1c(SCCOC)nc(NCCO)c(C#N)c1-c1ccc2c(c1)OCO2. The van der Waals surface area contributed by atoms with Crippen molar-refractivity contribution in [3.05, 3.63) is 29.3 Å². The van der Waals surface area contributed by atoms with E-state index in [1.54, 1.807) is 19.2 Å². The molecular weight excluding hydrogens is 378 g/mol. The monoisotopic (exact) mass is 397 g/mol. The highest BCUT2D eigenvalue weighted by Gasteiger charge is 2.23. The minimum absolute atomic E-state index is 0.0883. The zero-order valence-electron chi connectivity index (χ0n) is 15.3. The molecule has 0 fully saturated rings. The number of rotatable bonds is 8. The topological polar surface area (TPSA) is 96.6 Å². The van der Waals surface area contributed by atoms with Gasteiger partial charge in [0.1, 0.15) is 22.5 Å². The largest absolute Gasteiger partial charge is 0.454 e. The fourth-order valence-electron chi connectivity index (χ4n) is 2.78. The van der Waals surface area contributed by atoms with Crippen molar-refractivity contribution in [1.82, 2.24) is 4.98 Å². The van der Waals surface area contributed by atoms with Gasteiger partial charge < -0.3 is 24.6 Å². The molecule has 0 spiro atoms. The first kappa shape index (κ1) is 19.8. The zero-order valence-corrected chi connectivity index (χ0v) is 16.1. The molecule has 0 radical (unpaired) electrons. The van der Waals surface area contributed by atoms with Crippen LogP contribution in [0.15, 0.2) is 23.2 Å². The van der Waals surface area contributed by atoms with Gasteiger partial charge in [0.25, 0.3) is 0 Å². The summed E-state index contributed by atoms with van der Waals surface area (Å²) in [5.74, 6) is 4.97. The molecule has 2 aromatic rings. The van der Waals surface area contributed by atoms with Gasteiger partial charge in [-0.05, 0) is 17.7 Å². The molecule has 0 bridgehead atoms. The number of hydrogen-bond donors (Lipinski definition) is 2. The number of methoxy groups -OCH3 is 1. The van der Waals surface area contributed by atoms with Crippen LogP contribution in [0.4, 0.5) is 5.82 Å². The molecule has 2 heterocycles. The van der Waals surface area contributed by atoms with Crippen LogP contribution in [0.5, 0.6) is 11.5 Å². The number of anilines is 1. The number of nitrogens with zero attached hydrogens (tertiary/aromatic N) is 2. The van der Waals surface area contributed by atoms with Crippen LogP contribution in [0.25, 0.3) is 11.1 Å². The summed E-state index contributed by atoms with van der Waals surface area (Å²) in [6.45, 7) is 0.869. The lowest BCUT2D eigenvalue weighted by atomic mass is 9.96. The number of hydrogen-bond acceptors (Lipinski definition) is 8. The van der Waals surface area contributed by atoms with Gasteiger partial charge in [-0.3, -0.25) is 0 Å². The second-order valence-electron chi connectivity index (χ2n) is 5.71. The second-order valence-corrected chi connectivity index (χ2v) is 6.79. The number of terminal acetylenes is 1. The standard InChI is InChI=1S/C20H19N3O4S/c1-3-14-18(13-4-5-16-17(10-13)27-12-26-16)15(11-21)19(22-6-7-24)23-20(14)28-9-8-25-2/h1,4-5,10,24H,6-9,12H2,2H3,(H,22,23). The number of fused-ring (bicyclic) bond motifs is 1. The summed E-state index contributed by atoms with van der Waals surface area (Å²) in [4.78, 5) is 4.55. The van der Waals surface area contributed by atoms with Crippen LogP contribution in [0.2, 0.25) is 0 Å². The number of ether oxygens (including phenoxy) is 3. The lowest BCUT2D eigenvalue weighted by molar-refractivity contribution is 0.174. The van der Waals surface area contributed by atoms with Crippen molar-refractivity contribution in [2.45, 2.75) is 5.03 Å². The highest BCUT2D eigenvalue weighted by Crippen LogP contribution is 2.41. The van der Waals surface area contributed by atoms with Crippen molar-refractivity contribution in [2.75, 3.05) is 44.7 Å². The highest BCUT2D eigenvalue weighted by atomic mass is 32.2. The van der Waals surface area contributed by atoms with Gasteiger partial charge in [-0.15, -0.1) is 18.2 Å². The number of nitriles is 1. The Morgan fingerprint density at radius 3 is 2.89 bits per heavy atom. The van der Waals surface area contributed by atoms with Gasteiger partial charge in [0.05, 0.1) is 18.8 Å². The summed E-state index contributed by atoms with van der Waals surface area (Å²) in [6.07, 6.45) is 5.82. The lowest BCUT2D eigenvalue weighted by Crippen LogP contribution is -2.11. The molecule has 1 aromatic heterocycles. The highest BCUT2D eigenvalue weighted by molar-refractivity contribution is 7.99. The van der Waals surface area contributed by atoms with Gasteiger partial charge in [-0.2, -0.15) is 5.26 Å². The maximum atomic E-state index is 9.83. The Balaban J connectivity index is 2.18. The molecular formula is C20H19N3O4S. The van der Waals surface area contributed by atoms with Crippen LogP contribution in [-0.2, 0) is 4.74 Å². The Kier molecular flexibility index (Phi) is 6.62. The molecule has 8 heteroatoms. The number of nitrogens with one attached hydrogen (secondary N) is 1. The molecule has 2 N–H and O–H groups in total. The minimum atomic E-state index is -0.0883. The molecule has 3 rings (SSSR count). The van der Waals surface area contributed by atoms with Crippen LogP contribution in [-0.4, -0.2) is 49.5 Å². The summed E-state index contributed by atoms with van der Waals surface area (Å²) in [7, 11) is 1.63. The van der Waals surface area contributed by atoms with Gasteiger partial charge in [0, 0.05) is 25.0 Å². The maximum Gasteiger partial charge on any atom is 0.231 e. The molecule has 28 heavy (non-hydrogen) atoms. The zero-order chi connectivity index (χ0) is 19.9. The van der Waals surface area contributed by atoms with Gasteiger partial charge in [0.2, 0.25) is 6.79 Å². The van der Waals surface area contributed by atoms with E-state index in [-0.39, 0.29) is 19.9 Å². The number of pyridine rings is 1. The summed E-state index contributed by atoms with van der Waals surface area (Å²) in [5, 5.41) is 22.6. The number of benzene rings is 1. The third-order valence-corrected chi connectivity index (χ3v) is 4.95. The number of aliphatic hydroxyl groups is 1. The van der Waals surface area contributed by atoms with Gasteiger partial charge >= 0.3 is 0 Å². The molecule has 1 aliphatic rings. The van der Waals surface area contributed by atoms with E-state index in [1.165, 1.54) is 11.8 Å². The first-order chi connectivity index (χ1) is 13.7. The van der Waals surface area contributed by atoms with E-state index in [0.717, 1.165) is 5.56 Å². The normalized spacial score (nSPS) is 11.7. The Bertz CT molecular complexity index is 950. The number of thioether (sulfide) groups is 1. The number of aliphatic hydroxyl groups excluding tert-OH is 1. The van der Waals surface area contributed by atoms with Crippen molar-refractivity contribution < 1.29 is 19.3 Å². The van der Waals surface area contributed by atoms with E-state index in [9.17, 15) is 5.26 Å².